The number of nitrogens with one attached hydrogen (secondary N) is 2. The number of hydrogen-bond acceptors (Lipinski definition) is 4. The molecule has 30 heavy (non-hydrogen) atoms. The number of morpholine rings is 1. The lowest BCUT2D eigenvalue weighted by atomic mass is 10.1. The third kappa shape index (κ3) is 6.55. The minimum Gasteiger partial charge on any atom is -0.379 e. The Bertz CT molecular complexity index is 787. The molecule has 0 aromatic heterocycles. The van der Waals surface area contributed by atoms with Crippen molar-refractivity contribution >= 4 is 5.96 Å². The molecule has 0 amide bonds. The number of nitrogens with zero attached hydrogens (tertiary/aromatic N) is 3. The van der Waals surface area contributed by atoms with Crippen molar-refractivity contribution < 1.29 is 4.74 Å². The zero-order valence-corrected chi connectivity index (χ0v) is 18.5. The first-order valence-electron chi connectivity index (χ1n) is 10.7. The van der Waals surface area contributed by atoms with Gasteiger partial charge in [0, 0.05) is 39.8 Å². The third-order valence-corrected chi connectivity index (χ3v) is 5.56. The molecule has 2 N–H and O–H groups in total. The fourth-order valence-corrected chi connectivity index (χ4v) is 3.75. The van der Waals surface area contributed by atoms with Crippen molar-refractivity contribution in [3.63, 3.8) is 0 Å². The van der Waals surface area contributed by atoms with E-state index < -0.39 is 0 Å². The molecule has 0 bridgehead atoms. The summed E-state index contributed by atoms with van der Waals surface area (Å²) in [6.07, 6.45) is 0. The maximum absolute atomic E-state index is 5.47. The molecular weight excluding hydrogens is 374 g/mol. The molecule has 2 aromatic rings. The fourth-order valence-electron chi connectivity index (χ4n) is 3.75. The largest absolute Gasteiger partial charge is 0.379 e. The number of likely N-dealkylation sites (N-methyl/N-ethyl adjacent to an activating group) is 1. The van der Waals surface area contributed by atoms with Gasteiger partial charge in [-0.25, -0.2) is 0 Å². The molecule has 1 heterocycles. The van der Waals surface area contributed by atoms with Gasteiger partial charge in [-0.1, -0.05) is 54.6 Å². The van der Waals surface area contributed by atoms with Crippen molar-refractivity contribution in [2.75, 3.05) is 54.0 Å². The van der Waals surface area contributed by atoms with Gasteiger partial charge in [0.15, 0.2) is 5.96 Å². The van der Waals surface area contributed by atoms with Crippen LogP contribution in [0.1, 0.15) is 22.7 Å². The molecule has 1 saturated heterocycles. The highest BCUT2D eigenvalue weighted by Gasteiger charge is 2.15. The van der Waals surface area contributed by atoms with Gasteiger partial charge in [-0.15, -0.1) is 0 Å². The highest BCUT2D eigenvalue weighted by Crippen LogP contribution is 2.17. The Morgan fingerprint density at radius 2 is 1.67 bits per heavy atom. The topological polar surface area (TPSA) is 52.1 Å². The minimum atomic E-state index is 0.276. The molecule has 1 atom stereocenters. The summed E-state index contributed by atoms with van der Waals surface area (Å²) in [5, 5.41) is 6.98. The van der Waals surface area contributed by atoms with Crippen molar-refractivity contribution in [2.45, 2.75) is 19.1 Å². The predicted octanol–water partition coefficient (Wildman–Crippen LogP) is 2.49. The first-order chi connectivity index (χ1) is 14.7. The van der Waals surface area contributed by atoms with Crippen molar-refractivity contribution in [1.29, 1.82) is 0 Å². The maximum Gasteiger partial charge on any atom is 0.191 e. The van der Waals surface area contributed by atoms with Gasteiger partial charge in [-0.2, -0.15) is 0 Å². The average molecular weight is 410 g/mol. The molecule has 6 nitrogen and oxygen atoms in total. The minimum absolute atomic E-state index is 0.276. The van der Waals surface area contributed by atoms with Crippen LogP contribution in [-0.4, -0.2) is 69.8 Å². The number of ether oxygens (including phenoxy) is 1. The van der Waals surface area contributed by atoms with E-state index in [1.54, 1.807) is 0 Å². The highest BCUT2D eigenvalue weighted by molar-refractivity contribution is 5.79. The molecule has 1 aliphatic rings. The van der Waals surface area contributed by atoms with Crippen molar-refractivity contribution in [1.82, 2.24) is 20.4 Å². The van der Waals surface area contributed by atoms with Crippen LogP contribution in [0.4, 0.5) is 0 Å². The number of aliphatic imine (C=N–C) groups is 1. The van der Waals surface area contributed by atoms with Crippen molar-refractivity contribution in [3.05, 3.63) is 71.3 Å². The van der Waals surface area contributed by atoms with Gasteiger partial charge in [0.2, 0.25) is 0 Å². The summed E-state index contributed by atoms with van der Waals surface area (Å²) in [7, 11) is 6.04. The molecule has 0 spiro atoms. The molecule has 0 aliphatic carbocycles. The normalized spacial score (nSPS) is 16.5. The number of hydrogen-bond donors (Lipinski definition) is 2. The summed E-state index contributed by atoms with van der Waals surface area (Å²) in [5.74, 6) is 0.818. The summed E-state index contributed by atoms with van der Waals surface area (Å²) in [6.45, 7) is 6.14. The van der Waals surface area contributed by atoms with E-state index >= 15 is 0 Å². The summed E-state index contributed by atoms with van der Waals surface area (Å²) in [4.78, 5) is 9.11. The lowest BCUT2D eigenvalue weighted by molar-refractivity contribution is 0.0341. The summed E-state index contributed by atoms with van der Waals surface area (Å²) in [6, 6.07) is 19.5. The second-order valence-electron chi connectivity index (χ2n) is 7.85. The quantitative estimate of drug-likeness (QED) is 0.518. The van der Waals surface area contributed by atoms with Gasteiger partial charge in [0.1, 0.15) is 0 Å². The van der Waals surface area contributed by atoms with Crippen LogP contribution >= 0.6 is 0 Å². The molecule has 2 aromatic carbocycles. The number of rotatable bonds is 8. The summed E-state index contributed by atoms with van der Waals surface area (Å²) < 4.78 is 5.47. The Hall–Kier alpha value is -2.41. The van der Waals surface area contributed by atoms with Crippen LogP contribution in [0.15, 0.2) is 59.6 Å². The average Bonchev–Trinajstić information content (AvgIpc) is 2.78. The molecule has 1 unspecified atom stereocenters. The second-order valence-corrected chi connectivity index (χ2v) is 7.85. The molecule has 0 saturated carbocycles. The van der Waals surface area contributed by atoms with E-state index in [-0.39, 0.29) is 6.04 Å². The highest BCUT2D eigenvalue weighted by atomic mass is 16.5. The van der Waals surface area contributed by atoms with E-state index in [0.717, 1.165) is 51.9 Å². The van der Waals surface area contributed by atoms with Gasteiger partial charge in [0.25, 0.3) is 0 Å². The first kappa shape index (κ1) is 22.3. The molecule has 1 aliphatic heterocycles. The SMILES string of the molecule is CN=C(NCc1ccccc1CN1CCOCC1)NCC(c1ccccc1)N(C)C. The first-order valence-corrected chi connectivity index (χ1v) is 10.7. The van der Waals surface area contributed by atoms with Crippen LogP contribution < -0.4 is 10.6 Å². The van der Waals surface area contributed by atoms with Crippen LogP contribution in [0.5, 0.6) is 0 Å². The summed E-state index contributed by atoms with van der Waals surface area (Å²) in [5.41, 5.74) is 3.96. The predicted molar refractivity (Wildman–Crippen MR) is 124 cm³/mol. The Labute approximate surface area is 180 Å². The lowest BCUT2D eigenvalue weighted by Gasteiger charge is -2.28. The van der Waals surface area contributed by atoms with Crippen LogP contribution in [0.25, 0.3) is 0 Å². The molecule has 6 heteroatoms. The zero-order valence-electron chi connectivity index (χ0n) is 18.5. The Morgan fingerprint density at radius 3 is 2.33 bits per heavy atom. The van der Waals surface area contributed by atoms with E-state index in [1.807, 2.05) is 7.05 Å². The fraction of sp³-hybridized carbons (Fsp3) is 0.458. The van der Waals surface area contributed by atoms with E-state index in [1.165, 1.54) is 16.7 Å². The Balaban J connectivity index is 1.56. The molecule has 162 valence electrons. The number of guanidine groups is 1. The van der Waals surface area contributed by atoms with Crippen molar-refractivity contribution in [2.24, 2.45) is 4.99 Å². The Kier molecular flexibility index (Phi) is 8.68. The lowest BCUT2D eigenvalue weighted by Crippen LogP contribution is -2.41. The number of benzene rings is 2. The van der Waals surface area contributed by atoms with E-state index in [0.29, 0.717) is 0 Å². The van der Waals surface area contributed by atoms with Gasteiger partial charge in [0.05, 0.1) is 19.3 Å². The van der Waals surface area contributed by atoms with Gasteiger partial charge in [-0.3, -0.25) is 9.89 Å². The van der Waals surface area contributed by atoms with E-state index in [4.69, 9.17) is 4.74 Å². The van der Waals surface area contributed by atoms with Crippen molar-refractivity contribution in [3.8, 4) is 0 Å². The monoisotopic (exact) mass is 409 g/mol. The smallest absolute Gasteiger partial charge is 0.191 e. The maximum atomic E-state index is 5.47. The zero-order chi connectivity index (χ0) is 21.2. The van der Waals surface area contributed by atoms with E-state index in [9.17, 15) is 0 Å². The van der Waals surface area contributed by atoms with Gasteiger partial charge >= 0.3 is 0 Å². The van der Waals surface area contributed by atoms with Crippen LogP contribution in [-0.2, 0) is 17.8 Å². The molecule has 1 fully saturated rings. The van der Waals surface area contributed by atoms with E-state index in [2.05, 4.69) is 94.1 Å². The Morgan fingerprint density at radius 1 is 1.00 bits per heavy atom. The molecule has 0 radical (unpaired) electrons. The van der Waals surface area contributed by atoms with Crippen LogP contribution in [0, 0.1) is 0 Å². The van der Waals surface area contributed by atoms with Crippen LogP contribution in [0.3, 0.4) is 0 Å². The summed E-state index contributed by atoms with van der Waals surface area (Å²) >= 11 is 0. The van der Waals surface area contributed by atoms with Gasteiger partial charge < -0.3 is 20.3 Å². The standard InChI is InChI=1S/C24H35N5O/c1-25-24(27-18-23(28(2)3)20-9-5-4-6-10-20)26-17-21-11-7-8-12-22(21)19-29-13-15-30-16-14-29/h4-12,23H,13-19H2,1-3H3,(H2,25,26,27). The molecule has 3 rings (SSSR count). The third-order valence-electron chi connectivity index (χ3n) is 5.56. The van der Waals surface area contributed by atoms with Crippen LogP contribution in [0.2, 0.25) is 0 Å². The second kappa shape index (κ2) is 11.7. The molecular formula is C24H35N5O. The van der Waals surface area contributed by atoms with Gasteiger partial charge in [-0.05, 0) is 30.8 Å².